The fourth-order valence-electron chi connectivity index (χ4n) is 0.888. The third kappa shape index (κ3) is 1.04. The molecule has 54 valence electrons. The van der Waals surface area contributed by atoms with Crippen LogP contribution in [0.3, 0.4) is 0 Å². The van der Waals surface area contributed by atoms with Gasteiger partial charge in [0.25, 0.3) is 0 Å². The minimum atomic E-state index is 0.683. The highest BCUT2D eigenvalue weighted by Gasteiger charge is 1.97. The molecule has 0 bridgehead atoms. The molecule has 1 aromatic rings. The number of hydrogen-bond donors (Lipinski definition) is 3. The van der Waals surface area contributed by atoms with E-state index < -0.39 is 0 Å². The predicted octanol–water partition coefficient (Wildman–Crippen LogP) is 0.863. The number of anilines is 2. The lowest BCUT2D eigenvalue weighted by Gasteiger charge is -2.06. The molecule has 0 aromatic heterocycles. The second-order valence-electron chi connectivity index (χ2n) is 2.18. The van der Waals surface area contributed by atoms with Crippen LogP contribution in [0.4, 0.5) is 11.4 Å². The predicted molar refractivity (Wildman–Crippen MR) is 43.4 cm³/mol. The largest absolute Gasteiger partial charge is 0.397 e. The highest BCUT2D eigenvalue weighted by Crippen LogP contribution is 2.20. The number of hydrazine groups is 1. The number of nitrogen functional groups attached to an aromatic ring is 2. The molecule has 0 aliphatic rings. The van der Waals surface area contributed by atoms with E-state index >= 15 is 0 Å². The van der Waals surface area contributed by atoms with E-state index in [1.54, 1.807) is 0 Å². The minimum Gasteiger partial charge on any atom is -0.397 e. The molecule has 1 aromatic carbocycles. The summed E-state index contributed by atoms with van der Waals surface area (Å²) in [6, 6.07) is 5.65. The lowest BCUT2D eigenvalue weighted by Crippen LogP contribution is -2.10. The smallest absolute Gasteiger partial charge is 0.0745 e. The molecule has 0 amide bonds. The summed E-state index contributed by atoms with van der Waals surface area (Å²) in [7, 11) is 0. The van der Waals surface area contributed by atoms with Gasteiger partial charge in [0.2, 0.25) is 0 Å². The first-order valence-corrected chi connectivity index (χ1v) is 3.07. The molecule has 0 spiro atoms. The molecule has 0 heterocycles. The van der Waals surface area contributed by atoms with Crippen LogP contribution in [0, 0.1) is 6.92 Å². The highest BCUT2D eigenvalue weighted by atomic mass is 15.2. The van der Waals surface area contributed by atoms with Gasteiger partial charge in [-0.3, -0.25) is 5.84 Å². The molecule has 0 unspecified atom stereocenters. The average molecular weight is 137 g/mol. The summed E-state index contributed by atoms with van der Waals surface area (Å²) >= 11 is 0. The number of nitrogens with two attached hydrogens (primary N) is 2. The van der Waals surface area contributed by atoms with Crippen molar-refractivity contribution in [2.45, 2.75) is 6.92 Å². The maximum Gasteiger partial charge on any atom is 0.0745 e. The van der Waals surface area contributed by atoms with Gasteiger partial charge in [0.15, 0.2) is 0 Å². The van der Waals surface area contributed by atoms with Crippen LogP contribution in [0.25, 0.3) is 0 Å². The molecule has 0 saturated carbocycles. The summed E-state index contributed by atoms with van der Waals surface area (Å²) in [6.07, 6.45) is 0. The van der Waals surface area contributed by atoms with Gasteiger partial charge in [-0.15, -0.1) is 0 Å². The van der Waals surface area contributed by atoms with Gasteiger partial charge in [0, 0.05) is 0 Å². The van der Waals surface area contributed by atoms with Gasteiger partial charge in [-0.1, -0.05) is 12.1 Å². The summed E-state index contributed by atoms with van der Waals surface area (Å²) < 4.78 is 0. The molecule has 0 fully saturated rings. The van der Waals surface area contributed by atoms with E-state index in [1.165, 1.54) is 0 Å². The maximum atomic E-state index is 5.59. The van der Waals surface area contributed by atoms with E-state index in [0.29, 0.717) is 5.69 Å². The van der Waals surface area contributed by atoms with Crippen molar-refractivity contribution in [3.05, 3.63) is 23.8 Å². The third-order valence-corrected chi connectivity index (χ3v) is 1.45. The van der Waals surface area contributed by atoms with Crippen LogP contribution >= 0.6 is 0 Å². The second-order valence-corrected chi connectivity index (χ2v) is 2.18. The Morgan fingerprint density at radius 3 is 2.50 bits per heavy atom. The van der Waals surface area contributed by atoms with E-state index in [-0.39, 0.29) is 0 Å². The standard InChI is InChI=1S/C7H11N3/c1-5-3-2-4-6(8)7(5)10-9/h2-4,10H,8-9H2,1H3. The molecule has 10 heavy (non-hydrogen) atoms. The summed E-state index contributed by atoms with van der Waals surface area (Å²) in [5, 5.41) is 0. The van der Waals surface area contributed by atoms with Crippen LogP contribution in [-0.2, 0) is 0 Å². The van der Waals surface area contributed by atoms with Crippen LogP contribution in [0.2, 0.25) is 0 Å². The zero-order chi connectivity index (χ0) is 7.56. The Kier molecular flexibility index (Phi) is 1.78. The van der Waals surface area contributed by atoms with E-state index in [9.17, 15) is 0 Å². The van der Waals surface area contributed by atoms with Crippen molar-refractivity contribution in [3.8, 4) is 0 Å². The van der Waals surface area contributed by atoms with Crippen LogP contribution in [0.1, 0.15) is 5.56 Å². The van der Waals surface area contributed by atoms with Gasteiger partial charge in [-0.2, -0.15) is 0 Å². The van der Waals surface area contributed by atoms with Crippen molar-refractivity contribution in [3.63, 3.8) is 0 Å². The molecule has 0 radical (unpaired) electrons. The first kappa shape index (κ1) is 6.89. The van der Waals surface area contributed by atoms with Crippen molar-refractivity contribution >= 4 is 11.4 Å². The topological polar surface area (TPSA) is 64.1 Å². The van der Waals surface area contributed by atoms with Gasteiger partial charge in [-0.05, 0) is 18.6 Å². The van der Waals surface area contributed by atoms with Crippen molar-refractivity contribution in [1.29, 1.82) is 0 Å². The van der Waals surface area contributed by atoms with E-state index in [2.05, 4.69) is 5.43 Å². The number of nitrogens with one attached hydrogen (secondary N) is 1. The zero-order valence-electron chi connectivity index (χ0n) is 5.89. The Balaban J connectivity index is 3.17. The molecule has 0 aliphatic carbocycles. The fourth-order valence-corrected chi connectivity index (χ4v) is 0.888. The first-order valence-electron chi connectivity index (χ1n) is 3.07. The van der Waals surface area contributed by atoms with Crippen LogP contribution in [0.5, 0.6) is 0 Å². The monoisotopic (exact) mass is 137 g/mol. The Morgan fingerprint density at radius 2 is 2.10 bits per heavy atom. The average Bonchev–Trinajstić information content (AvgIpc) is 1.88. The molecule has 1 rings (SSSR count). The second kappa shape index (κ2) is 2.58. The van der Waals surface area contributed by atoms with Crippen LogP contribution in [0.15, 0.2) is 18.2 Å². The SMILES string of the molecule is Cc1cccc(N)c1NN. The number of para-hydroxylation sites is 1. The highest BCUT2D eigenvalue weighted by molar-refractivity contribution is 5.69. The van der Waals surface area contributed by atoms with E-state index in [0.717, 1.165) is 11.3 Å². The normalized spacial score (nSPS) is 9.40. The number of rotatable bonds is 1. The van der Waals surface area contributed by atoms with E-state index in [1.807, 2.05) is 25.1 Å². The Labute approximate surface area is 60.0 Å². The number of benzene rings is 1. The minimum absolute atomic E-state index is 0.683. The quantitative estimate of drug-likeness (QED) is 0.305. The Morgan fingerprint density at radius 1 is 1.40 bits per heavy atom. The van der Waals surface area contributed by atoms with Gasteiger partial charge >= 0.3 is 0 Å². The summed E-state index contributed by atoms with van der Waals surface area (Å²) in [5.74, 6) is 5.22. The molecular weight excluding hydrogens is 126 g/mol. The molecule has 0 saturated heterocycles. The van der Waals surface area contributed by atoms with Crippen molar-refractivity contribution in [2.24, 2.45) is 5.84 Å². The number of hydrogen-bond acceptors (Lipinski definition) is 3. The lowest BCUT2D eigenvalue weighted by atomic mass is 10.2. The molecule has 3 nitrogen and oxygen atoms in total. The molecular formula is C7H11N3. The van der Waals surface area contributed by atoms with Crippen molar-refractivity contribution in [1.82, 2.24) is 0 Å². The molecule has 0 atom stereocenters. The van der Waals surface area contributed by atoms with Crippen LogP contribution < -0.4 is 17.0 Å². The summed E-state index contributed by atoms with van der Waals surface area (Å²) in [5.41, 5.74) is 10.7. The zero-order valence-corrected chi connectivity index (χ0v) is 5.89. The van der Waals surface area contributed by atoms with Crippen molar-refractivity contribution < 1.29 is 0 Å². The van der Waals surface area contributed by atoms with Gasteiger partial charge in [0.05, 0.1) is 11.4 Å². The van der Waals surface area contributed by atoms with Crippen LogP contribution in [-0.4, -0.2) is 0 Å². The Bertz CT molecular complexity index is 212. The molecule has 3 heteroatoms. The number of aryl methyl sites for hydroxylation is 1. The maximum absolute atomic E-state index is 5.59. The van der Waals surface area contributed by atoms with Crippen molar-refractivity contribution in [2.75, 3.05) is 11.2 Å². The molecule has 5 N–H and O–H groups in total. The van der Waals surface area contributed by atoms with E-state index in [4.69, 9.17) is 11.6 Å². The third-order valence-electron chi connectivity index (χ3n) is 1.45. The molecule has 0 aliphatic heterocycles. The Hall–Kier alpha value is -1.22. The summed E-state index contributed by atoms with van der Waals surface area (Å²) in [4.78, 5) is 0. The van der Waals surface area contributed by atoms with Gasteiger partial charge < -0.3 is 11.2 Å². The van der Waals surface area contributed by atoms with Gasteiger partial charge in [-0.25, -0.2) is 0 Å². The first-order chi connectivity index (χ1) is 4.75. The fraction of sp³-hybridized carbons (Fsp3) is 0.143. The summed E-state index contributed by atoms with van der Waals surface area (Å²) in [6.45, 7) is 1.95. The van der Waals surface area contributed by atoms with Gasteiger partial charge in [0.1, 0.15) is 0 Å². The lowest BCUT2D eigenvalue weighted by molar-refractivity contribution is 1.31.